The molecule has 1 aromatic heterocycles. The Morgan fingerprint density at radius 1 is 1.19 bits per heavy atom. The number of rotatable bonds is 7. The van der Waals surface area contributed by atoms with Crippen LogP contribution in [-0.4, -0.2) is 23.9 Å². The summed E-state index contributed by atoms with van der Waals surface area (Å²) in [6.07, 6.45) is 0. The maximum atomic E-state index is 13.7. The summed E-state index contributed by atoms with van der Waals surface area (Å²) in [6, 6.07) is 8.46. The van der Waals surface area contributed by atoms with E-state index in [1.54, 1.807) is 6.07 Å². The summed E-state index contributed by atoms with van der Waals surface area (Å²) < 4.78 is 53.0. The molecule has 0 aliphatic rings. The molecule has 10 heteroatoms. The van der Waals surface area contributed by atoms with E-state index in [-0.39, 0.29) is 40.5 Å². The third-order valence-corrected chi connectivity index (χ3v) is 3.70. The minimum Gasteiger partial charge on any atom is -0.493 e. The van der Waals surface area contributed by atoms with Gasteiger partial charge in [-0.25, -0.2) is 4.39 Å². The van der Waals surface area contributed by atoms with E-state index >= 15 is 0 Å². The summed E-state index contributed by atoms with van der Waals surface area (Å²) in [4.78, 5) is 4.18. The van der Waals surface area contributed by atoms with Crippen LogP contribution in [0, 0.1) is 5.82 Å². The van der Waals surface area contributed by atoms with Crippen molar-refractivity contribution < 1.29 is 27.2 Å². The lowest BCUT2D eigenvalue weighted by molar-refractivity contribution is -0.0512. The van der Waals surface area contributed by atoms with Crippen molar-refractivity contribution in [3.8, 4) is 22.9 Å². The van der Waals surface area contributed by atoms with Gasteiger partial charge in [0.05, 0.1) is 19.3 Å². The summed E-state index contributed by atoms with van der Waals surface area (Å²) in [5, 5.41) is 6.92. The molecule has 27 heavy (non-hydrogen) atoms. The summed E-state index contributed by atoms with van der Waals surface area (Å²) in [7, 11) is 1.32. The molecule has 1 N–H and O–H groups in total. The van der Waals surface area contributed by atoms with Gasteiger partial charge in [0.15, 0.2) is 11.5 Å². The van der Waals surface area contributed by atoms with Crippen molar-refractivity contribution in [3.63, 3.8) is 0 Å². The summed E-state index contributed by atoms with van der Waals surface area (Å²) in [6.45, 7) is -2.89. The molecule has 0 spiro atoms. The van der Waals surface area contributed by atoms with Crippen molar-refractivity contribution in [3.05, 3.63) is 53.1 Å². The number of nitrogens with zero attached hydrogens (tertiary/aromatic N) is 2. The topological polar surface area (TPSA) is 69.4 Å². The molecule has 0 atom stereocenters. The summed E-state index contributed by atoms with van der Waals surface area (Å²) in [5.41, 5.74) is 0.704. The molecule has 6 nitrogen and oxygen atoms in total. The number of hydrogen-bond acceptors (Lipinski definition) is 6. The van der Waals surface area contributed by atoms with Gasteiger partial charge in [-0.05, 0) is 36.4 Å². The number of alkyl halides is 2. The SMILES string of the molecule is COc1cc(-c2noc(CNc3ccc(Cl)cc3F)n2)ccc1OC(F)F. The first-order chi connectivity index (χ1) is 13.0. The zero-order chi connectivity index (χ0) is 19.4. The normalized spacial score (nSPS) is 10.9. The maximum absolute atomic E-state index is 13.7. The summed E-state index contributed by atoms with van der Waals surface area (Å²) >= 11 is 5.70. The molecule has 0 bridgehead atoms. The van der Waals surface area contributed by atoms with E-state index in [9.17, 15) is 13.2 Å². The zero-order valence-corrected chi connectivity index (χ0v) is 14.6. The number of benzene rings is 2. The average molecular weight is 400 g/mol. The quantitative estimate of drug-likeness (QED) is 0.618. The van der Waals surface area contributed by atoms with Crippen molar-refractivity contribution in [2.75, 3.05) is 12.4 Å². The van der Waals surface area contributed by atoms with Gasteiger partial charge in [-0.15, -0.1) is 0 Å². The second-order valence-corrected chi connectivity index (χ2v) is 5.67. The predicted octanol–water partition coefficient (Wildman–Crippen LogP) is 4.75. The third kappa shape index (κ3) is 4.62. The Balaban J connectivity index is 1.73. The van der Waals surface area contributed by atoms with E-state index in [4.69, 9.17) is 20.9 Å². The molecule has 3 rings (SSSR count). The van der Waals surface area contributed by atoms with Crippen LogP contribution in [0.1, 0.15) is 5.89 Å². The van der Waals surface area contributed by atoms with Crippen LogP contribution >= 0.6 is 11.6 Å². The van der Waals surface area contributed by atoms with E-state index in [2.05, 4.69) is 20.2 Å². The van der Waals surface area contributed by atoms with Gasteiger partial charge < -0.3 is 19.3 Å². The molecule has 142 valence electrons. The van der Waals surface area contributed by atoms with Gasteiger partial charge in [-0.2, -0.15) is 13.8 Å². The minimum atomic E-state index is -2.97. The number of halogens is 4. The second kappa shape index (κ2) is 8.17. The van der Waals surface area contributed by atoms with Gasteiger partial charge >= 0.3 is 6.61 Å². The first kappa shape index (κ1) is 18.8. The Morgan fingerprint density at radius 3 is 2.70 bits per heavy atom. The van der Waals surface area contributed by atoms with E-state index in [1.807, 2.05) is 0 Å². The molecule has 0 aliphatic carbocycles. The van der Waals surface area contributed by atoms with Crippen LogP contribution < -0.4 is 14.8 Å². The lowest BCUT2D eigenvalue weighted by Crippen LogP contribution is -2.03. The molecule has 3 aromatic rings. The maximum Gasteiger partial charge on any atom is 0.387 e. The monoisotopic (exact) mass is 399 g/mol. The fourth-order valence-corrected chi connectivity index (χ4v) is 2.41. The van der Waals surface area contributed by atoms with E-state index in [0.717, 1.165) is 0 Å². The van der Waals surface area contributed by atoms with Gasteiger partial charge in [0.25, 0.3) is 0 Å². The van der Waals surface area contributed by atoms with Gasteiger partial charge in [-0.1, -0.05) is 16.8 Å². The molecule has 0 aliphatic heterocycles. The Morgan fingerprint density at radius 2 is 2.00 bits per heavy atom. The molecule has 0 fully saturated rings. The van der Waals surface area contributed by atoms with Crippen LogP contribution in [0.5, 0.6) is 11.5 Å². The molecular weight excluding hydrogens is 387 g/mol. The van der Waals surface area contributed by atoms with Crippen molar-refractivity contribution >= 4 is 17.3 Å². The smallest absolute Gasteiger partial charge is 0.387 e. The molecule has 0 unspecified atom stereocenters. The van der Waals surface area contributed by atoms with Crippen molar-refractivity contribution in [1.29, 1.82) is 0 Å². The van der Waals surface area contributed by atoms with Gasteiger partial charge in [0, 0.05) is 10.6 Å². The second-order valence-electron chi connectivity index (χ2n) is 5.23. The standard InChI is InChI=1S/C17H13ClF3N3O3/c1-25-14-6-9(2-5-13(14)26-17(20)21)16-23-15(27-24-16)8-22-12-4-3-10(18)7-11(12)19/h2-7,17,22H,8H2,1H3. The van der Waals surface area contributed by atoms with Crippen molar-refractivity contribution in [2.24, 2.45) is 0 Å². The van der Waals surface area contributed by atoms with E-state index < -0.39 is 12.4 Å². The predicted molar refractivity (Wildman–Crippen MR) is 91.7 cm³/mol. The minimum absolute atomic E-state index is 0.0786. The van der Waals surface area contributed by atoms with Crippen LogP contribution in [0.4, 0.5) is 18.9 Å². The van der Waals surface area contributed by atoms with Gasteiger partial charge in [-0.3, -0.25) is 0 Å². The number of methoxy groups -OCH3 is 1. The summed E-state index contributed by atoms with van der Waals surface area (Å²) in [5.74, 6) is -0.113. The average Bonchev–Trinajstić information content (AvgIpc) is 3.10. The van der Waals surface area contributed by atoms with Crippen LogP contribution in [0.25, 0.3) is 11.4 Å². The van der Waals surface area contributed by atoms with E-state index in [0.29, 0.717) is 5.56 Å². The van der Waals surface area contributed by atoms with Crippen LogP contribution in [0.15, 0.2) is 40.9 Å². The Bertz CT molecular complexity index is 937. The number of nitrogens with one attached hydrogen (secondary N) is 1. The highest BCUT2D eigenvalue weighted by Crippen LogP contribution is 2.32. The fourth-order valence-electron chi connectivity index (χ4n) is 2.25. The molecule has 2 aromatic carbocycles. The lowest BCUT2D eigenvalue weighted by atomic mass is 10.2. The molecular formula is C17H13ClF3N3O3. The largest absolute Gasteiger partial charge is 0.493 e. The molecule has 0 saturated carbocycles. The number of hydrogen-bond donors (Lipinski definition) is 1. The molecule has 0 radical (unpaired) electrons. The van der Waals surface area contributed by atoms with Crippen LogP contribution in [-0.2, 0) is 6.54 Å². The number of aromatic nitrogens is 2. The molecule has 0 amide bonds. The Labute approximate surface area is 156 Å². The Hall–Kier alpha value is -2.94. The first-order valence-corrected chi connectivity index (χ1v) is 7.99. The molecule has 1 heterocycles. The van der Waals surface area contributed by atoms with Gasteiger partial charge in [0.2, 0.25) is 11.7 Å². The van der Waals surface area contributed by atoms with Crippen LogP contribution in [0.2, 0.25) is 5.02 Å². The first-order valence-electron chi connectivity index (χ1n) is 7.61. The highest BCUT2D eigenvalue weighted by atomic mass is 35.5. The fraction of sp³-hybridized carbons (Fsp3) is 0.176. The van der Waals surface area contributed by atoms with E-state index in [1.165, 1.54) is 37.4 Å². The van der Waals surface area contributed by atoms with Crippen molar-refractivity contribution in [1.82, 2.24) is 10.1 Å². The number of ether oxygens (including phenoxy) is 2. The highest BCUT2D eigenvalue weighted by Gasteiger charge is 2.15. The highest BCUT2D eigenvalue weighted by molar-refractivity contribution is 6.30. The van der Waals surface area contributed by atoms with Gasteiger partial charge in [0.1, 0.15) is 5.82 Å². The van der Waals surface area contributed by atoms with Crippen molar-refractivity contribution in [2.45, 2.75) is 13.2 Å². The molecule has 0 saturated heterocycles. The Kier molecular flexibility index (Phi) is 5.70. The lowest BCUT2D eigenvalue weighted by Gasteiger charge is -2.10. The zero-order valence-electron chi connectivity index (χ0n) is 13.9. The van der Waals surface area contributed by atoms with Crippen LogP contribution in [0.3, 0.4) is 0 Å². The number of anilines is 1. The third-order valence-electron chi connectivity index (χ3n) is 3.47.